The van der Waals surface area contributed by atoms with Crippen LogP contribution in [0.4, 0.5) is 0 Å². The van der Waals surface area contributed by atoms with Gasteiger partial charge < -0.3 is 10.4 Å². The number of halogens is 1. The summed E-state index contributed by atoms with van der Waals surface area (Å²) in [7, 11) is 0. The molecule has 1 rings (SSSR count). The number of rotatable bonds is 7. The van der Waals surface area contributed by atoms with E-state index in [1.165, 1.54) is 5.56 Å². The molecule has 0 radical (unpaired) electrons. The number of aliphatic hydroxyl groups excluding tert-OH is 1. The maximum atomic E-state index is 9.12. The molecular weight excluding hydrogens is 234 g/mol. The van der Waals surface area contributed by atoms with E-state index in [2.05, 4.69) is 19.2 Å². The molecule has 0 saturated heterocycles. The van der Waals surface area contributed by atoms with E-state index >= 15 is 0 Å². The Kier molecular flexibility index (Phi) is 5.96. The van der Waals surface area contributed by atoms with Gasteiger partial charge in [0.25, 0.3) is 0 Å². The number of aliphatic hydroxyl groups is 1. The summed E-state index contributed by atoms with van der Waals surface area (Å²) in [6, 6.07) is 7.89. The fourth-order valence-electron chi connectivity index (χ4n) is 1.61. The first-order valence-electron chi connectivity index (χ1n) is 6.09. The lowest BCUT2D eigenvalue weighted by Gasteiger charge is -2.21. The van der Waals surface area contributed by atoms with Crippen molar-refractivity contribution in [3.8, 4) is 0 Å². The van der Waals surface area contributed by atoms with Crippen molar-refractivity contribution in [2.24, 2.45) is 5.41 Å². The summed E-state index contributed by atoms with van der Waals surface area (Å²) in [5.41, 5.74) is 1.29. The largest absolute Gasteiger partial charge is 0.396 e. The summed E-state index contributed by atoms with van der Waals surface area (Å²) >= 11 is 5.82. The van der Waals surface area contributed by atoms with Crippen molar-refractivity contribution in [1.29, 1.82) is 0 Å². The van der Waals surface area contributed by atoms with Gasteiger partial charge in [0.1, 0.15) is 0 Å². The van der Waals surface area contributed by atoms with Gasteiger partial charge in [-0.2, -0.15) is 0 Å². The zero-order valence-electron chi connectivity index (χ0n) is 10.7. The predicted octanol–water partition coefficient (Wildman–Crippen LogP) is 3.23. The highest BCUT2D eigenvalue weighted by Crippen LogP contribution is 2.20. The lowest BCUT2D eigenvalue weighted by atomic mass is 9.89. The topological polar surface area (TPSA) is 32.3 Å². The van der Waals surface area contributed by atoms with Crippen LogP contribution in [0.2, 0.25) is 5.02 Å². The van der Waals surface area contributed by atoms with Gasteiger partial charge >= 0.3 is 0 Å². The predicted molar refractivity (Wildman–Crippen MR) is 73.3 cm³/mol. The molecule has 1 aromatic rings. The molecule has 0 aromatic heterocycles. The van der Waals surface area contributed by atoms with Gasteiger partial charge in [-0.3, -0.25) is 0 Å². The SMILES string of the molecule is CC(C)(CO)CCCNCc1ccc(Cl)cc1. The van der Waals surface area contributed by atoms with Crippen molar-refractivity contribution < 1.29 is 5.11 Å². The third kappa shape index (κ3) is 6.06. The van der Waals surface area contributed by atoms with Crippen molar-refractivity contribution in [2.75, 3.05) is 13.2 Å². The van der Waals surface area contributed by atoms with Crippen molar-refractivity contribution >= 4 is 11.6 Å². The number of hydrogen-bond donors (Lipinski definition) is 2. The van der Waals surface area contributed by atoms with E-state index in [0.717, 1.165) is 31.0 Å². The molecule has 2 nitrogen and oxygen atoms in total. The molecule has 0 fully saturated rings. The molecule has 0 saturated carbocycles. The molecule has 0 spiro atoms. The Balaban J connectivity index is 2.14. The molecule has 3 heteroatoms. The Labute approximate surface area is 109 Å². The van der Waals surface area contributed by atoms with Gasteiger partial charge in [-0.15, -0.1) is 0 Å². The molecule has 0 aliphatic rings. The summed E-state index contributed by atoms with van der Waals surface area (Å²) in [6.45, 7) is 6.28. The Morgan fingerprint density at radius 3 is 2.47 bits per heavy atom. The van der Waals surface area contributed by atoms with Gasteiger partial charge in [-0.1, -0.05) is 37.6 Å². The Bertz CT molecular complexity index is 321. The summed E-state index contributed by atoms with van der Waals surface area (Å²) in [5.74, 6) is 0. The zero-order chi connectivity index (χ0) is 12.7. The molecule has 96 valence electrons. The van der Waals surface area contributed by atoms with E-state index in [-0.39, 0.29) is 12.0 Å². The summed E-state index contributed by atoms with van der Waals surface area (Å²) in [6.07, 6.45) is 2.12. The van der Waals surface area contributed by atoms with Gasteiger partial charge in [-0.05, 0) is 42.5 Å². The highest BCUT2D eigenvalue weighted by atomic mass is 35.5. The molecule has 0 unspecified atom stereocenters. The second kappa shape index (κ2) is 7.00. The molecule has 0 bridgehead atoms. The third-order valence-electron chi connectivity index (χ3n) is 2.88. The minimum absolute atomic E-state index is 0.0436. The van der Waals surface area contributed by atoms with Crippen LogP contribution in [-0.2, 0) is 6.54 Å². The number of hydrogen-bond acceptors (Lipinski definition) is 2. The van der Waals surface area contributed by atoms with Gasteiger partial charge in [0.15, 0.2) is 0 Å². The molecule has 0 aliphatic heterocycles. The quantitative estimate of drug-likeness (QED) is 0.734. The van der Waals surface area contributed by atoms with E-state index < -0.39 is 0 Å². The minimum Gasteiger partial charge on any atom is -0.396 e. The first kappa shape index (κ1) is 14.5. The number of benzene rings is 1. The van der Waals surface area contributed by atoms with Crippen LogP contribution in [0.5, 0.6) is 0 Å². The van der Waals surface area contributed by atoms with E-state index in [0.29, 0.717) is 0 Å². The first-order valence-corrected chi connectivity index (χ1v) is 6.47. The summed E-state index contributed by atoms with van der Waals surface area (Å²) in [4.78, 5) is 0. The fraction of sp³-hybridized carbons (Fsp3) is 0.571. The van der Waals surface area contributed by atoms with E-state index in [9.17, 15) is 0 Å². The van der Waals surface area contributed by atoms with Crippen LogP contribution in [0.25, 0.3) is 0 Å². The van der Waals surface area contributed by atoms with Crippen molar-refractivity contribution in [3.05, 3.63) is 34.9 Å². The molecule has 0 atom stereocenters. The van der Waals surface area contributed by atoms with Crippen LogP contribution in [0.3, 0.4) is 0 Å². The molecular formula is C14H22ClNO. The lowest BCUT2D eigenvalue weighted by Crippen LogP contribution is -2.20. The van der Waals surface area contributed by atoms with E-state index in [1.54, 1.807) is 0 Å². The molecule has 1 aromatic carbocycles. The Hall–Kier alpha value is -0.570. The maximum absolute atomic E-state index is 9.12. The lowest BCUT2D eigenvalue weighted by molar-refractivity contribution is 0.148. The zero-order valence-corrected chi connectivity index (χ0v) is 11.4. The second-order valence-electron chi connectivity index (χ2n) is 5.23. The van der Waals surface area contributed by atoms with Crippen LogP contribution < -0.4 is 5.32 Å². The van der Waals surface area contributed by atoms with Gasteiger partial charge in [-0.25, -0.2) is 0 Å². The smallest absolute Gasteiger partial charge is 0.0482 e. The first-order chi connectivity index (χ1) is 8.03. The monoisotopic (exact) mass is 255 g/mol. The van der Waals surface area contributed by atoms with Gasteiger partial charge in [0.05, 0.1) is 0 Å². The summed E-state index contributed by atoms with van der Waals surface area (Å²) in [5, 5.41) is 13.3. The molecule has 17 heavy (non-hydrogen) atoms. The van der Waals surface area contributed by atoms with Gasteiger partial charge in [0, 0.05) is 18.2 Å². The Morgan fingerprint density at radius 2 is 1.88 bits per heavy atom. The highest BCUT2D eigenvalue weighted by molar-refractivity contribution is 6.30. The molecule has 0 heterocycles. The molecule has 0 aliphatic carbocycles. The van der Waals surface area contributed by atoms with Gasteiger partial charge in [0.2, 0.25) is 0 Å². The highest BCUT2D eigenvalue weighted by Gasteiger charge is 2.14. The van der Waals surface area contributed by atoms with E-state index in [1.807, 2.05) is 24.3 Å². The van der Waals surface area contributed by atoms with Crippen LogP contribution >= 0.6 is 11.6 Å². The fourth-order valence-corrected chi connectivity index (χ4v) is 1.73. The Morgan fingerprint density at radius 1 is 1.24 bits per heavy atom. The van der Waals surface area contributed by atoms with Crippen LogP contribution in [0, 0.1) is 5.41 Å². The van der Waals surface area contributed by atoms with Crippen molar-refractivity contribution in [3.63, 3.8) is 0 Å². The minimum atomic E-state index is 0.0436. The standard InChI is InChI=1S/C14H22ClNO/c1-14(2,11-17)8-3-9-16-10-12-4-6-13(15)7-5-12/h4-7,16-17H,3,8-11H2,1-2H3. The van der Waals surface area contributed by atoms with Crippen molar-refractivity contribution in [1.82, 2.24) is 5.32 Å². The molecule has 2 N–H and O–H groups in total. The van der Waals surface area contributed by atoms with E-state index in [4.69, 9.17) is 16.7 Å². The normalized spacial score (nSPS) is 11.8. The van der Waals surface area contributed by atoms with Crippen LogP contribution in [0.1, 0.15) is 32.3 Å². The summed E-state index contributed by atoms with van der Waals surface area (Å²) < 4.78 is 0. The molecule has 0 amide bonds. The average molecular weight is 256 g/mol. The second-order valence-corrected chi connectivity index (χ2v) is 5.67. The number of nitrogens with one attached hydrogen (secondary N) is 1. The average Bonchev–Trinajstić information content (AvgIpc) is 2.31. The maximum Gasteiger partial charge on any atom is 0.0482 e. The van der Waals surface area contributed by atoms with Crippen LogP contribution in [-0.4, -0.2) is 18.3 Å². The third-order valence-corrected chi connectivity index (χ3v) is 3.13. The van der Waals surface area contributed by atoms with Crippen LogP contribution in [0.15, 0.2) is 24.3 Å². The van der Waals surface area contributed by atoms with Crippen molar-refractivity contribution in [2.45, 2.75) is 33.2 Å².